The molecule has 0 bridgehead atoms. The second-order valence-corrected chi connectivity index (χ2v) is 6.37. The lowest BCUT2D eigenvalue weighted by Crippen LogP contribution is -2.14. The van der Waals surface area contributed by atoms with Crippen molar-refractivity contribution in [3.63, 3.8) is 0 Å². The standard InChI is InChI=1S/C17H16BrN3O/c18-15-14-10-11-19-17(22-13-8-4-5-9-13)21(14)20-16(15)12-6-2-1-3-7-12/h1-3,6-7,10-11,13H,4-5,8-9H2. The highest BCUT2D eigenvalue weighted by Gasteiger charge is 2.20. The number of rotatable bonds is 3. The summed E-state index contributed by atoms with van der Waals surface area (Å²) in [5.74, 6) is 0. The van der Waals surface area contributed by atoms with Crippen molar-refractivity contribution in [2.24, 2.45) is 0 Å². The van der Waals surface area contributed by atoms with Gasteiger partial charge in [0.2, 0.25) is 0 Å². The molecular weight excluding hydrogens is 342 g/mol. The van der Waals surface area contributed by atoms with Crippen molar-refractivity contribution in [3.8, 4) is 17.3 Å². The maximum absolute atomic E-state index is 6.06. The largest absolute Gasteiger partial charge is 0.460 e. The van der Waals surface area contributed by atoms with E-state index in [-0.39, 0.29) is 6.10 Å². The smallest absolute Gasteiger partial charge is 0.318 e. The molecule has 1 aliphatic rings. The maximum atomic E-state index is 6.06. The zero-order valence-corrected chi connectivity index (χ0v) is 13.7. The average Bonchev–Trinajstić information content (AvgIpc) is 3.18. The minimum Gasteiger partial charge on any atom is -0.460 e. The summed E-state index contributed by atoms with van der Waals surface area (Å²) >= 11 is 3.67. The van der Waals surface area contributed by atoms with E-state index in [1.807, 2.05) is 24.3 Å². The van der Waals surface area contributed by atoms with Crippen LogP contribution in [-0.2, 0) is 0 Å². The third-order valence-corrected chi connectivity index (χ3v) is 4.86. The summed E-state index contributed by atoms with van der Waals surface area (Å²) in [6, 6.07) is 12.7. The molecule has 112 valence electrons. The van der Waals surface area contributed by atoms with Gasteiger partial charge in [0.15, 0.2) is 0 Å². The molecule has 4 rings (SSSR count). The van der Waals surface area contributed by atoms with E-state index in [2.05, 4.69) is 33.0 Å². The molecule has 1 aromatic carbocycles. The normalized spacial score (nSPS) is 15.5. The van der Waals surface area contributed by atoms with Crippen LogP contribution in [0.3, 0.4) is 0 Å². The molecule has 1 fully saturated rings. The molecule has 0 spiro atoms. The topological polar surface area (TPSA) is 39.4 Å². The number of nitrogens with zero attached hydrogens (tertiary/aromatic N) is 3. The van der Waals surface area contributed by atoms with Crippen LogP contribution >= 0.6 is 15.9 Å². The van der Waals surface area contributed by atoms with Crippen molar-refractivity contribution >= 4 is 21.4 Å². The van der Waals surface area contributed by atoms with Gasteiger partial charge in [0.05, 0.1) is 9.99 Å². The minimum absolute atomic E-state index is 0.265. The first kappa shape index (κ1) is 13.8. The Kier molecular flexibility index (Phi) is 3.58. The van der Waals surface area contributed by atoms with Crippen LogP contribution in [0.2, 0.25) is 0 Å². The van der Waals surface area contributed by atoms with Crippen molar-refractivity contribution in [3.05, 3.63) is 47.1 Å². The van der Waals surface area contributed by atoms with Gasteiger partial charge in [0.1, 0.15) is 11.8 Å². The van der Waals surface area contributed by atoms with Gasteiger partial charge in [0.25, 0.3) is 0 Å². The van der Waals surface area contributed by atoms with Crippen LogP contribution in [0, 0.1) is 0 Å². The zero-order valence-electron chi connectivity index (χ0n) is 12.1. The SMILES string of the molecule is Brc1c(-c2ccccc2)nn2c(OC3CCCC3)nccc12. The number of hydrogen-bond donors (Lipinski definition) is 0. The minimum atomic E-state index is 0.265. The Morgan fingerprint density at radius 1 is 1.09 bits per heavy atom. The Balaban J connectivity index is 1.80. The summed E-state index contributed by atoms with van der Waals surface area (Å²) in [7, 11) is 0. The zero-order chi connectivity index (χ0) is 14.9. The van der Waals surface area contributed by atoms with Gasteiger partial charge in [0, 0.05) is 11.8 Å². The van der Waals surface area contributed by atoms with E-state index in [4.69, 9.17) is 9.84 Å². The summed E-state index contributed by atoms with van der Waals surface area (Å²) in [6.45, 7) is 0. The summed E-state index contributed by atoms with van der Waals surface area (Å²) < 4.78 is 8.83. The van der Waals surface area contributed by atoms with Crippen LogP contribution < -0.4 is 4.74 Å². The summed E-state index contributed by atoms with van der Waals surface area (Å²) in [5.41, 5.74) is 2.96. The van der Waals surface area contributed by atoms with Gasteiger partial charge < -0.3 is 4.74 Å². The van der Waals surface area contributed by atoms with Gasteiger partial charge in [-0.3, -0.25) is 0 Å². The monoisotopic (exact) mass is 357 g/mol. The lowest BCUT2D eigenvalue weighted by molar-refractivity contribution is 0.187. The second kappa shape index (κ2) is 5.72. The van der Waals surface area contributed by atoms with Crippen LogP contribution in [0.15, 0.2) is 47.1 Å². The number of ether oxygens (including phenoxy) is 1. The number of fused-ring (bicyclic) bond motifs is 1. The fourth-order valence-corrected chi connectivity index (χ4v) is 3.55. The Bertz CT molecular complexity index is 794. The summed E-state index contributed by atoms with van der Waals surface area (Å²) in [6.07, 6.45) is 6.72. The van der Waals surface area contributed by atoms with Gasteiger partial charge >= 0.3 is 6.01 Å². The highest BCUT2D eigenvalue weighted by molar-refractivity contribution is 9.10. The van der Waals surface area contributed by atoms with E-state index in [0.717, 1.165) is 34.1 Å². The van der Waals surface area contributed by atoms with Gasteiger partial charge in [-0.15, -0.1) is 0 Å². The van der Waals surface area contributed by atoms with Crippen molar-refractivity contribution < 1.29 is 4.74 Å². The molecule has 4 nitrogen and oxygen atoms in total. The van der Waals surface area contributed by atoms with E-state index < -0.39 is 0 Å². The molecule has 5 heteroatoms. The molecular formula is C17H16BrN3O. The van der Waals surface area contributed by atoms with E-state index in [1.165, 1.54) is 12.8 Å². The van der Waals surface area contributed by atoms with Gasteiger partial charge in [-0.1, -0.05) is 30.3 Å². The molecule has 0 radical (unpaired) electrons. The lowest BCUT2D eigenvalue weighted by atomic mass is 10.1. The van der Waals surface area contributed by atoms with Crippen LogP contribution in [0.25, 0.3) is 16.8 Å². The average molecular weight is 358 g/mol. The van der Waals surface area contributed by atoms with Crippen molar-refractivity contribution in [1.29, 1.82) is 0 Å². The fraction of sp³-hybridized carbons (Fsp3) is 0.294. The van der Waals surface area contributed by atoms with Gasteiger partial charge in [-0.2, -0.15) is 9.61 Å². The molecule has 2 aromatic heterocycles. The number of aromatic nitrogens is 3. The quantitative estimate of drug-likeness (QED) is 0.693. The number of hydrogen-bond acceptors (Lipinski definition) is 3. The van der Waals surface area contributed by atoms with Gasteiger partial charge in [-0.05, 0) is 47.7 Å². The van der Waals surface area contributed by atoms with Crippen molar-refractivity contribution in [2.45, 2.75) is 31.8 Å². The molecule has 3 aromatic rings. The molecule has 2 heterocycles. The summed E-state index contributed by atoms with van der Waals surface area (Å²) in [5, 5.41) is 4.71. The van der Waals surface area contributed by atoms with E-state index in [0.29, 0.717) is 6.01 Å². The molecule has 0 aliphatic heterocycles. The molecule has 1 aliphatic carbocycles. The van der Waals surface area contributed by atoms with Gasteiger partial charge in [-0.25, -0.2) is 4.98 Å². The predicted octanol–water partition coefficient (Wildman–Crippen LogP) is 4.48. The molecule has 1 saturated carbocycles. The molecule has 0 unspecified atom stereocenters. The predicted molar refractivity (Wildman–Crippen MR) is 89.0 cm³/mol. The molecule has 0 atom stereocenters. The molecule has 0 saturated heterocycles. The number of halogens is 1. The molecule has 0 amide bonds. The summed E-state index contributed by atoms with van der Waals surface area (Å²) in [4.78, 5) is 4.38. The Labute approximate surface area is 137 Å². The third-order valence-electron chi connectivity index (χ3n) is 4.08. The van der Waals surface area contributed by atoms with Crippen molar-refractivity contribution in [1.82, 2.24) is 14.6 Å². The Hall–Kier alpha value is -1.88. The highest BCUT2D eigenvalue weighted by Crippen LogP contribution is 2.33. The van der Waals surface area contributed by atoms with E-state index in [1.54, 1.807) is 10.7 Å². The fourth-order valence-electron chi connectivity index (χ4n) is 2.94. The van der Waals surface area contributed by atoms with Crippen LogP contribution in [0.4, 0.5) is 0 Å². The first-order chi connectivity index (χ1) is 10.8. The third kappa shape index (κ3) is 2.39. The second-order valence-electron chi connectivity index (χ2n) is 5.58. The Morgan fingerprint density at radius 2 is 1.86 bits per heavy atom. The first-order valence-electron chi connectivity index (χ1n) is 7.58. The van der Waals surface area contributed by atoms with Crippen LogP contribution in [-0.4, -0.2) is 20.7 Å². The van der Waals surface area contributed by atoms with E-state index >= 15 is 0 Å². The molecule has 22 heavy (non-hydrogen) atoms. The van der Waals surface area contributed by atoms with E-state index in [9.17, 15) is 0 Å². The first-order valence-corrected chi connectivity index (χ1v) is 8.37. The van der Waals surface area contributed by atoms with Crippen LogP contribution in [0.5, 0.6) is 6.01 Å². The maximum Gasteiger partial charge on any atom is 0.318 e. The lowest BCUT2D eigenvalue weighted by Gasteiger charge is -2.12. The molecule has 0 N–H and O–H groups in total. The highest BCUT2D eigenvalue weighted by atomic mass is 79.9. The number of benzene rings is 1. The van der Waals surface area contributed by atoms with Crippen LogP contribution in [0.1, 0.15) is 25.7 Å². The Morgan fingerprint density at radius 3 is 2.64 bits per heavy atom. The van der Waals surface area contributed by atoms with Crippen molar-refractivity contribution in [2.75, 3.05) is 0 Å².